The number of anilines is 1. The van der Waals surface area contributed by atoms with Crippen LogP contribution in [0.1, 0.15) is 12.8 Å². The molecule has 0 aliphatic carbocycles. The average Bonchev–Trinajstić information content (AvgIpc) is 2.71. The van der Waals surface area contributed by atoms with E-state index in [4.69, 9.17) is 23.8 Å². The molecule has 20 heavy (non-hydrogen) atoms. The van der Waals surface area contributed by atoms with Crippen LogP contribution in [0.4, 0.5) is 11.4 Å². The monoisotopic (exact) mass is 313 g/mol. The third-order valence-electron chi connectivity index (χ3n) is 2.66. The standard InChI is InChI=1S/C11H8ClN3O4S/c12-7-5-6(15(18)19)1-2-8(7)13-11(20)14-9(16)3-4-10(14)17/h1-2,5H,3-4H2,(H,13,20). The number of carbonyl (C=O) groups excluding carboxylic acids is 2. The molecule has 2 amide bonds. The van der Waals surface area contributed by atoms with Crippen LogP contribution in [0.25, 0.3) is 0 Å². The fraction of sp³-hybridized carbons (Fsp3) is 0.182. The fourth-order valence-electron chi connectivity index (χ4n) is 1.69. The molecular weight excluding hydrogens is 306 g/mol. The van der Waals surface area contributed by atoms with Gasteiger partial charge in [0.15, 0.2) is 5.11 Å². The van der Waals surface area contributed by atoms with Gasteiger partial charge in [-0.05, 0) is 18.3 Å². The normalized spacial score (nSPS) is 14.6. The summed E-state index contributed by atoms with van der Waals surface area (Å²) < 4.78 is 0. The smallest absolute Gasteiger partial charge is 0.271 e. The summed E-state index contributed by atoms with van der Waals surface area (Å²) in [4.78, 5) is 33.9. The lowest BCUT2D eigenvalue weighted by Crippen LogP contribution is -2.38. The minimum atomic E-state index is -0.582. The van der Waals surface area contributed by atoms with E-state index in [9.17, 15) is 19.7 Å². The van der Waals surface area contributed by atoms with Gasteiger partial charge in [-0.1, -0.05) is 11.6 Å². The highest BCUT2D eigenvalue weighted by Gasteiger charge is 2.32. The van der Waals surface area contributed by atoms with Crippen LogP contribution in [-0.4, -0.2) is 26.8 Å². The summed E-state index contributed by atoms with van der Waals surface area (Å²) in [5, 5.41) is 13.2. The van der Waals surface area contributed by atoms with Crippen molar-refractivity contribution in [1.29, 1.82) is 0 Å². The Bertz CT molecular complexity index is 618. The van der Waals surface area contributed by atoms with Crippen LogP contribution in [0.15, 0.2) is 18.2 Å². The predicted octanol–water partition coefficient (Wildman–Crippen LogP) is 2.09. The van der Waals surface area contributed by atoms with E-state index >= 15 is 0 Å². The summed E-state index contributed by atoms with van der Waals surface area (Å²) in [6.45, 7) is 0. The molecule has 1 fully saturated rings. The maximum atomic E-state index is 11.5. The minimum absolute atomic E-state index is 0.0700. The zero-order valence-corrected chi connectivity index (χ0v) is 11.5. The first kappa shape index (κ1) is 14.4. The maximum Gasteiger partial charge on any atom is 0.271 e. The molecule has 0 saturated carbocycles. The SMILES string of the molecule is O=C1CCC(=O)N1C(=S)Nc1ccc([N+](=O)[O-])cc1Cl. The van der Waals surface area contributed by atoms with Crippen molar-refractivity contribution in [3.8, 4) is 0 Å². The third kappa shape index (κ3) is 2.75. The van der Waals surface area contributed by atoms with Crippen LogP contribution in [0, 0.1) is 10.1 Å². The van der Waals surface area contributed by atoms with Crippen LogP contribution < -0.4 is 5.32 Å². The first-order valence-electron chi connectivity index (χ1n) is 5.51. The largest absolute Gasteiger partial charge is 0.331 e. The Kier molecular flexibility index (Phi) is 3.96. The number of nitro benzene ring substituents is 1. The van der Waals surface area contributed by atoms with Crippen LogP contribution in [0.2, 0.25) is 5.02 Å². The Balaban J connectivity index is 2.18. The number of nitrogens with zero attached hydrogens (tertiary/aromatic N) is 2. The highest BCUT2D eigenvalue weighted by Crippen LogP contribution is 2.27. The number of hydrogen-bond acceptors (Lipinski definition) is 5. The van der Waals surface area contributed by atoms with Gasteiger partial charge < -0.3 is 5.32 Å². The highest BCUT2D eigenvalue weighted by molar-refractivity contribution is 7.80. The van der Waals surface area contributed by atoms with Gasteiger partial charge in [-0.25, -0.2) is 4.90 Å². The minimum Gasteiger partial charge on any atom is -0.331 e. The lowest BCUT2D eigenvalue weighted by Gasteiger charge is -2.16. The number of thiocarbonyl (C=S) groups is 1. The van der Waals surface area contributed by atoms with Crippen molar-refractivity contribution in [2.24, 2.45) is 0 Å². The zero-order valence-electron chi connectivity index (χ0n) is 9.96. The highest BCUT2D eigenvalue weighted by atomic mass is 35.5. The number of carbonyl (C=O) groups is 2. The maximum absolute atomic E-state index is 11.5. The molecule has 7 nitrogen and oxygen atoms in total. The quantitative estimate of drug-likeness (QED) is 0.389. The van der Waals surface area contributed by atoms with Gasteiger partial charge >= 0.3 is 0 Å². The molecule has 0 bridgehead atoms. The molecule has 0 spiro atoms. The zero-order chi connectivity index (χ0) is 14.9. The number of nitrogens with one attached hydrogen (secondary N) is 1. The topological polar surface area (TPSA) is 92.6 Å². The number of imide groups is 1. The van der Waals surface area contributed by atoms with Crippen molar-refractivity contribution < 1.29 is 14.5 Å². The Morgan fingerprint density at radius 3 is 2.45 bits per heavy atom. The first-order valence-corrected chi connectivity index (χ1v) is 6.29. The van der Waals surface area contributed by atoms with E-state index in [1.165, 1.54) is 12.1 Å². The molecule has 1 aliphatic rings. The second kappa shape index (κ2) is 5.51. The van der Waals surface area contributed by atoms with Gasteiger partial charge in [0.25, 0.3) is 5.69 Å². The molecule has 1 saturated heterocycles. The molecule has 1 heterocycles. The lowest BCUT2D eigenvalue weighted by atomic mass is 10.3. The number of amides is 2. The number of halogens is 1. The van der Waals surface area contributed by atoms with Crippen molar-refractivity contribution in [2.75, 3.05) is 5.32 Å². The Hall–Kier alpha value is -2.06. The van der Waals surface area contributed by atoms with E-state index < -0.39 is 4.92 Å². The molecule has 0 unspecified atom stereocenters. The number of non-ortho nitro benzene ring substituents is 1. The van der Waals surface area contributed by atoms with Gasteiger partial charge in [0.2, 0.25) is 11.8 Å². The number of hydrogen-bond donors (Lipinski definition) is 1. The average molecular weight is 314 g/mol. The first-order chi connectivity index (χ1) is 9.40. The summed E-state index contributed by atoms with van der Waals surface area (Å²) in [5.41, 5.74) is 0.120. The molecular formula is C11H8ClN3O4S. The summed E-state index contributed by atoms with van der Waals surface area (Å²) in [5.74, 6) is -0.768. The van der Waals surface area contributed by atoms with E-state index in [2.05, 4.69) is 5.32 Å². The van der Waals surface area contributed by atoms with Crippen molar-refractivity contribution in [3.05, 3.63) is 33.3 Å². The molecule has 9 heteroatoms. The third-order valence-corrected chi connectivity index (χ3v) is 3.26. The molecule has 1 aromatic rings. The molecule has 104 valence electrons. The van der Waals surface area contributed by atoms with Crippen LogP contribution in [-0.2, 0) is 9.59 Å². The van der Waals surface area contributed by atoms with Gasteiger partial charge in [-0.3, -0.25) is 19.7 Å². The van der Waals surface area contributed by atoms with Gasteiger partial charge in [-0.2, -0.15) is 0 Å². The van der Waals surface area contributed by atoms with Gasteiger partial charge in [0, 0.05) is 25.0 Å². The number of rotatable bonds is 2. The second-order valence-corrected chi connectivity index (χ2v) is 4.77. The molecule has 0 aromatic heterocycles. The van der Waals surface area contributed by atoms with Crippen LogP contribution in [0.3, 0.4) is 0 Å². The summed E-state index contributed by atoms with van der Waals surface area (Å²) >= 11 is 10.9. The summed E-state index contributed by atoms with van der Waals surface area (Å²) in [6, 6.07) is 3.75. The van der Waals surface area contributed by atoms with Crippen LogP contribution >= 0.6 is 23.8 Å². The molecule has 0 radical (unpaired) electrons. The summed E-state index contributed by atoms with van der Waals surface area (Å²) in [6.07, 6.45) is 0.239. The van der Waals surface area contributed by atoms with Crippen molar-refractivity contribution in [2.45, 2.75) is 12.8 Å². The van der Waals surface area contributed by atoms with E-state index in [1.54, 1.807) is 0 Å². The molecule has 1 aliphatic heterocycles. The van der Waals surface area contributed by atoms with E-state index in [0.29, 0.717) is 0 Å². The van der Waals surface area contributed by atoms with E-state index in [-0.39, 0.29) is 46.2 Å². The lowest BCUT2D eigenvalue weighted by molar-refractivity contribution is -0.384. The fourth-order valence-corrected chi connectivity index (χ4v) is 2.23. The predicted molar refractivity (Wildman–Crippen MR) is 75.4 cm³/mol. The molecule has 0 atom stereocenters. The van der Waals surface area contributed by atoms with Gasteiger partial charge in [0.1, 0.15) is 0 Å². The van der Waals surface area contributed by atoms with E-state index in [1.807, 2.05) is 0 Å². The van der Waals surface area contributed by atoms with Gasteiger partial charge in [0.05, 0.1) is 15.6 Å². The van der Waals surface area contributed by atoms with Crippen LogP contribution in [0.5, 0.6) is 0 Å². The Morgan fingerprint density at radius 2 is 1.95 bits per heavy atom. The van der Waals surface area contributed by atoms with Crippen molar-refractivity contribution in [3.63, 3.8) is 0 Å². The van der Waals surface area contributed by atoms with Crippen molar-refractivity contribution in [1.82, 2.24) is 4.90 Å². The molecule has 1 aromatic carbocycles. The molecule has 2 rings (SSSR count). The number of benzene rings is 1. The molecule has 1 N–H and O–H groups in total. The van der Waals surface area contributed by atoms with E-state index in [0.717, 1.165) is 11.0 Å². The Morgan fingerprint density at radius 1 is 1.35 bits per heavy atom. The number of nitro groups is 1. The second-order valence-electron chi connectivity index (χ2n) is 3.97. The summed E-state index contributed by atoms with van der Waals surface area (Å²) in [7, 11) is 0. The van der Waals surface area contributed by atoms with Gasteiger partial charge in [-0.15, -0.1) is 0 Å². The Labute approximate surface area is 123 Å². The number of likely N-dealkylation sites (tertiary alicyclic amines) is 1. The van der Waals surface area contributed by atoms with Crippen molar-refractivity contribution >= 4 is 52.1 Å².